The molecule has 0 aromatic heterocycles. The summed E-state index contributed by atoms with van der Waals surface area (Å²) < 4.78 is 58.9. The zero-order valence-corrected chi connectivity index (χ0v) is 11.1. The van der Waals surface area contributed by atoms with Crippen LogP contribution in [0.4, 0.5) is 13.2 Å². The molecule has 8 heteroatoms. The fourth-order valence-electron chi connectivity index (χ4n) is 1.99. The highest BCUT2D eigenvalue weighted by molar-refractivity contribution is 7.91. The van der Waals surface area contributed by atoms with Crippen molar-refractivity contribution in [2.24, 2.45) is 0 Å². The van der Waals surface area contributed by atoms with Gasteiger partial charge in [-0.1, -0.05) is 6.92 Å². The SMILES string of the molecule is CCN(CCNC1CCS(=O)(=O)C1)CC(F)(F)F. The van der Waals surface area contributed by atoms with E-state index in [-0.39, 0.29) is 24.1 Å². The van der Waals surface area contributed by atoms with E-state index < -0.39 is 22.6 Å². The summed E-state index contributed by atoms with van der Waals surface area (Å²) in [6.07, 6.45) is -3.64. The van der Waals surface area contributed by atoms with E-state index in [2.05, 4.69) is 5.32 Å². The standard InChI is InChI=1S/C10H19F3N2O2S/c1-2-15(8-10(11,12)13)5-4-14-9-3-6-18(16,17)7-9/h9,14H,2-8H2,1H3. The summed E-state index contributed by atoms with van der Waals surface area (Å²) in [4.78, 5) is 1.29. The lowest BCUT2D eigenvalue weighted by Gasteiger charge is -2.22. The normalized spacial score (nSPS) is 23.7. The van der Waals surface area contributed by atoms with Gasteiger partial charge in [-0.3, -0.25) is 4.90 Å². The van der Waals surface area contributed by atoms with E-state index >= 15 is 0 Å². The van der Waals surface area contributed by atoms with Gasteiger partial charge in [0.05, 0.1) is 18.1 Å². The first-order valence-electron chi connectivity index (χ1n) is 5.95. The van der Waals surface area contributed by atoms with Crippen LogP contribution in [0.3, 0.4) is 0 Å². The third-order valence-electron chi connectivity index (χ3n) is 2.94. The largest absolute Gasteiger partial charge is 0.401 e. The maximum absolute atomic E-state index is 12.2. The lowest BCUT2D eigenvalue weighted by atomic mass is 10.2. The molecule has 0 spiro atoms. The Morgan fingerprint density at radius 3 is 2.50 bits per heavy atom. The summed E-state index contributed by atoms with van der Waals surface area (Å²) in [5.74, 6) is 0.267. The van der Waals surface area contributed by atoms with Crippen LogP contribution in [0.15, 0.2) is 0 Å². The summed E-state index contributed by atoms with van der Waals surface area (Å²) in [5, 5.41) is 3.00. The fourth-order valence-corrected chi connectivity index (χ4v) is 3.69. The highest BCUT2D eigenvalue weighted by Gasteiger charge is 2.30. The van der Waals surface area contributed by atoms with E-state index in [4.69, 9.17) is 0 Å². The van der Waals surface area contributed by atoms with Gasteiger partial charge in [0.25, 0.3) is 0 Å². The van der Waals surface area contributed by atoms with Gasteiger partial charge in [-0.2, -0.15) is 13.2 Å². The number of sulfone groups is 1. The Balaban J connectivity index is 2.24. The van der Waals surface area contributed by atoms with Crippen molar-refractivity contribution < 1.29 is 21.6 Å². The van der Waals surface area contributed by atoms with Gasteiger partial charge >= 0.3 is 6.18 Å². The molecule has 0 aromatic rings. The number of likely N-dealkylation sites (N-methyl/N-ethyl adjacent to an activating group) is 1. The van der Waals surface area contributed by atoms with Crippen molar-refractivity contribution in [2.75, 3.05) is 37.7 Å². The molecule has 1 unspecified atom stereocenters. The minimum Gasteiger partial charge on any atom is -0.312 e. The molecule has 0 bridgehead atoms. The van der Waals surface area contributed by atoms with Gasteiger partial charge in [-0.25, -0.2) is 8.42 Å². The molecule has 1 saturated heterocycles. The minimum atomic E-state index is -4.19. The van der Waals surface area contributed by atoms with E-state index in [1.54, 1.807) is 6.92 Å². The quantitative estimate of drug-likeness (QED) is 0.779. The molecule has 1 N–H and O–H groups in total. The molecule has 0 radical (unpaired) electrons. The van der Waals surface area contributed by atoms with Crippen LogP contribution >= 0.6 is 0 Å². The molecule has 4 nitrogen and oxygen atoms in total. The monoisotopic (exact) mass is 288 g/mol. The molecule has 1 fully saturated rings. The van der Waals surface area contributed by atoms with Crippen molar-refractivity contribution in [1.29, 1.82) is 0 Å². The Morgan fingerprint density at radius 1 is 1.39 bits per heavy atom. The Kier molecular flexibility index (Phi) is 5.42. The Bertz CT molecular complexity index is 357. The molecular weight excluding hydrogens is 269 g/mol. The van der Waals surface area contributed by atoms with Crippen molar-refractivity contribution >= 4 is 9.84 Å². The molecule has 0 aromatic carbocycles. The van der Waals surface area contributed by atoms with Crippen molar-refractivity contribution in [3.63, 3.8) is 0 Å². The van der Waals surface area contributed by atoms with Crippen LogP contribution in [-0.2, 0) is 9.84 Å². The Hall–Kier alpha value is -0.340. The van der Waals surface area contributed by atoms with Gasteiger partial charge < -0.3 is 5.32 Å². The Morgan fingerprint density at radius 2 is 2.06 bits per heavy atom. The fraction of sp³-hybridized carbons (Fsp3) is 1.00. The average molecular weight is 288 g/mol. The summed E-state index contributed by atoms with van der Waals surface area (Å²) in [5.41, 5.74) is 0. The lowest BCUT2D eigenvalue weighted by Crippen LogP contribution is -2.41. The first-order valence-corrected chi connectivity index (χ1v) is 7.77. The molecule has 0 saturated carbocycles. The zero-order valence-electron chi connectivity index (χ0n) is 10.3. The lowest BCUT2D eigenvalue weighted by molar-refractivity contribution is -0.145. The number of hydrogen-bond acceptors (Lipinski definition) is 4. The van der Waals surface area contributed by atoms with E-state index in [1.165, 1.54) is 4.90 Å². The predicted molar refractivity (Wildman–Crippen MR) is 63.2 cm³/mol. The number of nitrogens with zero attached hydrogens (tertiary/aromatic N) is 1. The van der Waals surface area contributed by atoms with Gasteiger partial charge in [0, 0.05) is 19.1 Å². The number of hydrogen-bond donors (Lipinski definition) is 1. The van der Waals surface area contributed by atoms with Crippen molar-refractivity contribution in [1.82, 2.24) is 10.2 Å². The van der Waals surface area contributed by atoms with Crippen molar-refractivity contribution in [2.45, 2.75) is 25.6 Å². The number of nitrogens with one attached hydrogen (secondary N) is 1. The van der Waals surface area contributed by atoms with Crippen molar-refractivity contribution in [3.05, 3.63) is 0 Å². The molecule has 108 valence electrons. The third-order valence-corrected chi connectivity index (χ3v) is 4.71. The second-order valence-electron chi connectivity index (χ2n) is 4.54. The van der Waals surface area contributed by atoms with Gasteiger partial charge in [-0.05, 0) is 13.0 Å². The van der Waals surface area contributed by atoms with Gasteiger partial charge in [-0.15, -0.1) is 0 Å². The summed E-state index contributed by atoms with van der Waals surface area (Å²) >= 11 is 0. The minimum absolute atomic E-state index is 0.0956. The summed E-state index contributed by atoms with van der Waals surface area (Å²) in [6.45, 7) is 1.72. The summed E-state index contributed by atoms with van der Waals surface area (Å²) in [6, 6.07) is -0.111. The third kappa shape index (κ3) is 6.01. The predicted octanol–water partition coefficient (Wildman–Crippen LogP) is 0.647. The molecule has 1 atom stereocenters. The van der Waals surface area contributed by atoms with E-state index in [9.17, 15) is 21.6 Å². The topological polar surface area (TPSA) is 49.4 Å². The number of halogens is 3. The van der Waals surface area contributed by atoms with Crippen LogP contribution in [0, 0.1) is 0 Å². The van der Waals surface area contributed by atoms with Crippen LogP contribution in [0.1, 0.15) is 13.3 Å². The highest BCUT2D eigenvalue weighted by atomic mass is 32.2. The maximum Gasteiger partial charge on any atom is 0.401 e. The van der Waals surface area contributed by atoms with E-state index in [0.29, 0.717) is 19.5 Å². The van der Waals surface area contributed by atoms with E-state index in [1.807, 2.05) is 0 Å². The maximum atomic E-state index is 12.2. The molecule has 0 aliphatic carbocycles. The van der Waals surface area contributed by atoms with Crippen LogP contribution in [-0.4, -0.2) is 63.2 Å². The first kappa shape index (κ1) is 15.7. The van der Waals surface area contributed by atoms with Crippen LogP contribution in [0.25, 0.3) is 0 Å². The molecule has 18 heavy (non-hydrogen) atoms. The molecule has 1 aliphatic heterocycles. The van der Waals surface area contributed by atoms with Crippen LogP contribution in [0.2, 0.25) is 0 Å². The second-order valence-corrected chi connectivity index (χ2v) is 6.77. The van der Waals surface area contributed by atoms with E-state index in [0.717, 1.165) is 0 Å². The molecule has 1 heterocycles. The molecule has 0 amide bonds. The molecule has 1 aliphatic rings. The first-order chi connectivity index (χ1) is 8.22. The summed E-state index contributed by atoms with van der Waals surface area (Å²) in [7, 11) is -2.94. The number of rotatable bonds is 6. The van der Waals surface area contributed by atoms with Gasteiger partial charge in [0.1, 0.15) is 0 Å². The highest BCUT2D eigenvalue weighted by Crippen LogP contribution is 2.16. The average Bonchev–Trinajstić information content (AvgIpc) is 2.55. The Labute approximate surface area is 105 Å². The van der Waals surface area contributed by atoms with Gasteiger partial charge in [0.15, 0.2) is 9.84 Å². The second kappa shape index (κ2) is 6.21. The van der Waals surface area contributed by atoms with Gasteiger partial charge in [0.2, 0.25) is 0 Å². The van der Waals surface area contributed by atoms with Crippen LogP contribution < -0.4 is 5.32 Å². The molecule has 1 rings (SSSR count). The number of alkyl halides is 3. The molecular formula is C10H19F3N2O2S. The van der Waals surface area contributed by atoms with Crippen LogP contribution in [0.5, 0.6) is 0 Å². The zero-order chi connectivity index (χ0) is 13.8. The smallest absolute Gasteiger partial charge is 0.312 e. The van der Waals surface area contributed by atoms with Crippen molar-refractivity contribution in [3.8, 4) is 0 Å².